The summed E-state index contributed by atoms with van der Waals surface area (Å²) in [6.07, 6.45) is 3.65. The summed E-state index contributed by atoms with van der Waals surface area (Å²) in [6.45, 7) is 6.08. The maximum atomic E-state index is 10.2. The summed E-state index contributed by atoms with van der Waals surface area (Å²) < 4.78 is 3.67. The molecule has 18 heavy (non-hydrogen) atoms. The molecule has 0 amide bonds. The lowest BCUT2D eigenvalue weighted by atomic mass is 10.1. The molecule has 0 spiro atoms. The van der Waals surface area contributed by atoms with Crippen molar-refractivity contribution in [2.45, 2.75) is 39.3 Å². The van der Waals surface area contributed by atoms with Gasteiger partial charge in [-0.25, -0.2) is 0 Å². The van der Waals surface area contributed by atoms with E-state index in [1.54, 1.807) is 6.20 Å². The van der Waals surface area contributed by atoms with Gasteiger partial charge in [-0.15, -0.1) is 0 Å². The maximum Gasteiger partial charge on any atom is 0.0875 e. The molecule has 5 heteroatoms. The fourth-order valence-electron chi connectivity index (χ4n) is 1.98. The highest BCUT2D eigenvalue weighted by Crippen LogP contribution is 2.19. The molecule has 0 aliphatic rings. The lowest BCUT2D eigenvalue weighted by Crippen LogP contribution is -2.06. The quantitative estimate of drug-likeness (QED) is 0.897. The van der Waals surface area contributed by atoms with E-state index in [0.29, 0.717) is 12.5 Å². The Morgan fingerprint density at radius 2 is 2.11 bits per heavy atom. The van der Waals surface area contributed by atoms with Crippen LogP contribution in [0.1, 0.15) is 42.9 Å². The third kappa shape index (κ3) is 2.61. The molecule has 1 unspecified atom stereocenters. The van der Waals surface area contributed by atoms with E-state index in [1.165, 1.54) is 0 Å². The van der Waals surface area contributed by atoms with Crippen molar-refractivity contribution < 1.29 is 5.11 Å². The summed E-state index contributed by atoms with van der Waals surface area (Å²) in [5.74, 6) is 0. The fraction of sp³-hybridized carbons (Fsp3) is 0.538. The van der Waals surface area contributed by atoms with Crippen LogP contribution in [0.4, 0.5) is 0 Å². The fourth-order valence-corrected chi connectivity index (χ4v) is 1.98. The zero-order valence-corrected chi connectivity index (χ0v) is 11.3. The van der Waals surface area contributed by atoms with Gasteiger partial charge in [-0.05, 0) is 26.8 Å². The predicted molar refractivity (Wildman–Crippen MR) is 69.2 cm³/mol. The lowest BCUT2D eigenvalue weighted by molar-refractivity contribution is 0.175. The van der Waals surface area contributed by atoms with Gasteiger partial charge in [0.25, 0.3) is 0 Å². The minimum atomic E-state index is -0.535. The highest BCUT2D eigenvalue weighted by Gasteiger charge is 2.14. The van der Waals surface area contributed by atoms with Crippen molar-refractivity contribution in [3.63, 3.8) is 0 Å². The Kier molecular flexibility index (Phi) is 3.52. The van der Waals surface area contributed by atoms with Gasteiger partial charge in [-0.3, -0.25) is 9.36 Å². The summed E-state index contributed by atoms with van der Waals surface area (Å²) >= 11 is 0. The van der Waals surface area contributed by atoms with Gasteiger partial charge in [0.05, 0.1) is 18.0 Å². The van der Waals surface area contributed by atoms with Gasteiger partial charge in [0, 0.05) is 37.0 Å². The van der Waals surface area contributed by atoms with Crippen LogP contribution in [0.2, 0.25) is 0 Å². The van der Waals surface area contributed by atoms with Crippen molar-refractivity contribution in [2.75, 3.05) is 0 Å². The van der Waals surface area contributed by atoms with Crippen LogP contribution in [0.5, 0.6) is 0 Å². The molecule has 0 aromatic carbocycles. The Balaban J connectivity index is 2.11. The Hall–Kier alpha value is -1.62. The number of aliphatic hydroxyl groups excluding tert-OH is 1. The van der Waals surface area contributed by atoms with E-state index in [1.807, 2.05) is 35.6 Å². The number of nitrogens with zero attached hydrogens (tertiary/aromatic N) is 4. The van der Waals surface area contributed by atoms with Crippen molar-refractivity contribution in [1.29, 1.82) is 0 Å². The normalized spacial score (nSPS) is 13.2. The Labute approximate surface area is 107 Å². The monoisotopic (exact) mass is 248 g/mol. The second-order valence-corrected chi connectivity index (χ2v) is 4.97. The summed E-state index contributed by atoms with van der Waals surface area (Å²) in [4.78, 5) is 0. The number of rotatable bonds is 4. The second-order valence-electron chi connectivity index (χ2n) is 4.97. The molecule has 0 aliphatic carbocycles. The van der Waals surface area contributed by atoms with Gasteiger partial charge in [0.15, 0.2) is 0 Å². The molecule has 1 atom stereocenters. The molecule has 2 rings (SSSR count). The first-order valence-electron chi connectivity index (χ1n) is 6.19. The molecule has 0 fully saturated rings. The van der Waals surface area contributed by atoms with Crippen molar-refractivity contribution in [1.82, 2.24) is 19.6 Å². The first-order valence-corrected chi connectivity index (χ1v) is 6.19. The molecule has 98 valence electrons. The van der Waals surface area contributed by atoms with E-state index >= 15 is 0 Å². The second kappa shape index (κ2) is 4.94. The molecular formula is C13H20N4O. The Morgan fingerprint density at radius 1 is 1.39 bits per heavy atom. The number of aryl methyl sites for hydroxylation is 2. The van der Waals surface area contributed by atoms with E-state index in [0.717, 1.165) is 17.0 Å². The van der Waals surface area contributed by atoms with E-state index in [4.69, 9.17) is 0 Å². The summed E-state index contributed by atoms with van der Waals surface area (Å²) in [5.41, 5.74) is 2.84. The predicted octanol–water partition coefficient (Wildman–Crippen LogP) is 1.78. The van der Waals surface area contributed by atoms with Crippen LogP contribution in [0, 0.1) is 6.92 Å². The van der Waals surface area contributed by atoms with Gasteiger partial charge in [-0.1, -0.05) is 0 Å². The molecule has 0 radical (unpaired) electrons. The van der Waals surface area contributed by atoms with E-state index in [2.05, 4.69) is 24.0 Å². The van der Waals surface area contributed by atoms with Crippen LogP contribution in [0.3, 0.4) is 0 Å². The zero-order chi connectivity index (χ0) is 13.3. The molecule has 0 bridgehead atoms. The van der Waals surface area contributed by atoms with Crippen molar-refractivity contribution in [3.8, 4) is 0 Å². The smallest absolute Gasteiger partial charge is 0.0875 e. The number of hydrogen-bond donors (Lipinski definition) is 1. The molecule has 2 aromatic rings. The molecule has 5 nitrogen and oxygen atoms in total. The number of aromatic nitrogens is 4. The van der Waals surface area contributed by atoms with Crippen LogP contribution in [0.25, 0.3) is 0 Å². The zero-order valence-electron chi connectivity index (χ0n) is 11.3. The van der Waals surface area contributed by atoms with Crippen LogP contribution in [0.15, 0.2) is 18.5 Å². The van der Waals surface area contributed by atoms with E-state index < -0.39 is 6.10 Å². The van der Waals surface area contributed by atoms with Gasteiger partial charge >= 0.3 is 0 Å². The molecule has 0 aliphatic heterocycles. The molecule has 2 heterocycles. The number of hydrogen-bond acceptors (Lipinski definition) is 3. The maximum absolute atomic E-state index is 10.2. The van der Waals surface area contributed by atoms with E-state index in [9.17, 15) is 5.11 Å². The lowest BCUT2D eigenvalue weighted by Gasteiger charge is -2.08. The minimum absolute atomic E-state index is 0.310. The van der Waals surface area contributed by atoms with Gasteiger partial charge < -0.3 is 5.11 Å². The largest absolute Gasteiger partial charge is 0.388 e. The average molecular weight is 248 g/mol. The van der Waals surface area contributed by atoms with Crippen molar-refractivity contribution in [3.05, 3.63) is 35.4 Å². The van der Waals surface area contributed by atoms with Crippen molar-refractivity contribution >= 4 is 0 Å². The molecular weight excluding hydrogens is 228 g/mol. The Bertz CT molecular complexity index is 527. The van der Waals surface area contributed by atoms with Gasteiger partial charge in [0.2, 0.25) is 0 Å². The highest BCUT2D eigenvalue weighted by molar-refractivity contribution is 5.15. The van der Waals surface area contributed by atoms with Gasteiger partial charge in [-0.2, -0.15) is 10.2 Å². The van der Waals surface area contributed by atoms with Crippen LogP contribution < -0.4 is 0 Å². The van der Waals surface area contributed by atoms with Crippen LogP contribution in [-0.2, 0) is 13.5 Å². The molecule has 1 N–H and O–H groups in total. The standard InChI is InChI=1S/C13H20N4O/c1-9(2)17-8-11(7-14-17)13(18)6-12-5-10(3)15-16(12)4/h5,7-9,13,18H,6H2,1-4H3. The third-order valence-corrected chi connectivity index (χ3v) is 3.04. The van der Waals surface area contributed by atoms with E-state index in [-0.39, 0.29) is 0 Å². The molecule has 2 aromatic heterocycles. The summed E-state index contributed by atoms with van der Waals surface area (Å²) in [7, 11) is 1.90. The molecule has 0 saturated heterocycles. The number of aliphatic hydroxyl groups is 1. The SMILES string of the molecule is Cc1cc(CC(O)c2cnn(C(C)C)c2)n(C)n1. The third-order valence-electron chi connectivity index (χ3n) is 3.04. The van der Waals surface area contributed by atoms with Gasteiger partial charge in [0.1, 0.15) is 0 Å². The first kappa shape index (κ1) is 12.8. The average Bonchev–Trinajstić information content (AvgIpc) is 2.86. The Morgan fingerprint density at radius 3 is 2.61 bits per heavy atom. The molecule has 0 saturated carbocycles. The summed E-state index contributed by atoms with van der Waals surface area (Å²) in [5, 5.41) is 18.7. The van der Waals surface area contributed by atoms with Crippen LogP contribution >= 0.6 is 0 Å². The van der Waals surface area contributed by atoms with Crippen LogP contribution in [-0.4, -0.2) is 24.7 Å². The highest BCUT2D eigenvalue weighted by atomic mass is 16.3. The summed E-state index contributed by atoms with van der Waals surface area (Å²) in [6, 6.07) is 2.31. The first-order chi connectivity index (χ1) is 8.47. The topological polar surface area (TPSA) is 55.9 Å². The van der Waals surface area contributed by atoms with Crippen molar-refractivity contribution in [2.24, 2.45) is 7.05 Å². The minimum Gasteiger partial charge on any atom is -0.388 e.